The first-order valence-corrected chi connectivity index (χ1v) is 6.22. The fourth-order valence-electron chi connectivity index (χ4n) is 2.60. The van der Waals surface area contributed by atoms with Gasteiger partial charge in [-0.3, -0.25) is 4.90 Å². The minimum Gasteiger partial charge on any atom is -0.383 e. The number of methoxy groups -OCH3 is 1. The fraction of sp³-hybridized carbons (Fsp3) is 1.00. The molecular formula is C12H26N2O. The highest BCUT2D eigenvalue weighted by Crippen LogP contribution is 2.20. The number of nitrogens with one attached hydrogen (secondary N) is 1. The maximum atomic E-state index is 5.31. The number of hydrogen-bond donors (Lipinski definition) is 1. The lowest BCUT2D eigenvalue weighted by atomic mass is 9.99. The molecule has 15 heavy (non-hydrogen) atoms. The van der Waals surface area contributed by atoms with Gasteiger partial charge in [-0.2, -0.15) is 0 Å². The highest BCUT2D eigenvalue weighted by molar-refractivity contribution is 4.83. The van der Waals surface area contributed by atoms with Gasteiger partial charge in [0.15, 0.2) is 0 Å². The van der Waals surface area contributed by atoms with Crippen molar-refractivity contribution in [1.29, 1.82) is 0 Å². The minimum absolute atomic E-state index is 0.605. The Morgan fingerprint density at radius 1 is 1.47 bits per heavy atom. The number of nitrogens with zero attached hydrogens (tertiary/aromatic N) is 1. The molecule has 0 aromatic heterocycles. The van der Waals surface area contributed by atoms with Crippen LogP contribution in [0.25, 0.3) is 0 Å². The summed E-state index contributed by atoms with van der Waals surface area (Å²) < 4.78 is 5.31. The minimum atomic E-state index is 0.605. The molecule has 90 valence electrons. The van der Waals surface area contributed by atoms with Crippen molar-refractivity contribution >= 4 is 0 Å². The first-order chi connectivity index (χ1) is 7.33. The standard InChI is InChI=1S/C12H26N2O/c1-4-11(10-15-3)14-8-6-5-7-12(14)9-13-2/h11-13H,4-10H2,1-3H3. The molecule has 0 aromatic carbocycles. The third kappa shape index (κ3) is 3.74. The van der Waals surface area contributed by atoms with Crippen LogP contribution in [0.5, 0.6) is 0 Å². The predicted octanol–water partition coefficient (Wildman–Crippen LogP) is 1.49. The van der Waals surface area contributed by atoms with Crippen molar-refractivity contribution in [2.45, 2.75) is 44.7 Å². The van der Waals surface area contributed by atoms with Gasteiger partial charge in [-0.25, -0.2) is 0 Å². The lowest BCUT2D eigenvalue weighted by Crippen LogP contribution is -2.51. The monoisotopic (exact) mass is 214 g/mol. The summed E-state index contributed by atoms with van der Waals surface area (Å²) in [4.78, 5) is 2.64. The average Bonchev–Trinajstić information content (AvgIpc) is 2.27. The van der Waals surface area contributed by atoms with Gasteiger partial charge < -0.3 is 10.1 Å². The zero-order valence-corrected chi connectivity index (χ0v) is 10.5. The van der Waals surface area contributed by atoms with Crippen LogP contribution < -0.4 is 5.32 Å². The van der Waals surface area contributed by atoms with Crippen molar-refractivity contribution in [3.8, 4) is 0 Å². The van der Waals surface area contributed by atoms with Crippen LogP contribution in [0.3, 0.4) is 0 Å². The highest BCUT2D eigenvalue weighted by atomic mass is 16.5. The van der Waals surface area contributed by atoms with Crippen LogP contribution in [-0.4, -0.2) is 50.8 Å². The maximum absolute atomic E-state index is 5.31. The molecule has 1 heterocycles. The van der Waals surface area contributed by atoms with Crippen molar-refractivity contribution < 1.29 is 4.74 Å². The van der Waals surface area contributed by atoms with Gasteiger partial charge in [0.2, 0.25) is 0 Å². The Hall–Kier alpha value is -0.120. The van der Waals surface area contributed by atoms with Crippen LogP contribution in [0, 0.1) is 0 Å². The molecule has 1 saturated heterocycles. The van der Waals surface area contributed by atoms with Crippen LogP contribution >= 0.6 is 0 Å². The first-order valence-electron chi connectivity index (χ1n) is 6.22. The van der Waals surface area contributed by atoms with Gasteiger partial charge in [-0.1, -0.05) is 13.3 Å². The topological polar surface area (TPSA) is 24.5 Å². The van der Waals surface area contributed by atoms with Crippen molar-refractivity contribution in [2.24, 2.45) is 0 Å². The van der Waals surface area contributed by atoms with E-state index in [-0.39, 0.29) is 0 Å². The summed E-state index contributed by atoms with van der Waals surface area (Å²) in [5.74, 6) is 0. The summed E-state index contributed by atoms with van der Waals surface area (Å²) >= 11 is 0. The second-order valence-corrected chi connectivity index (χ2v) is 4.46. The number of ether oxygens (including phenoxy) is 1. The van der Waals surface area contributed by atoms with E-state index in [0.29, 0.717) is 12.1 Å². The summed E-state index contributed by atoms with van der Waals surface area (Å²) in [6, 6.07) is 1.32. The second-order valence-electron chi connectivity index (χ2n) is 4.46. The first kappa shape index (κ1) is 12.9. The van der Waals surface area contributed by atoms with Crippen LogP contribution in [0.15, 0.2) is 0 Å². The van der Waals surface area contributed by atoms with Crippen molar-refractivity contribution in [2.75, 3.05) is 33.9 Å². The Bertz CT molecular complexity index is 153. The molecule has 0 spiro atoms. The summed E-state index contributed by atoms with van der Waals surface area (Å²) in [6.07, 6.45) is 5.25. The Balaban J connectivity index is 2.52. The van der Waals surface area contributed by atoms with Crippen LogP contribution in [0.1, 0.15) is 32.6 Å². The van der Waals surface area contributed by atoms with Gasteiger partial charge in [0.1, 0.15) is 0 Å². The van der Waals surface area contributed by atoms with E-state index in [4.69, 9.17) is 4.74 Å². The molecule has 1 aliphatic heterocycles. The Morgan fingerprint density at radius 3 is 2.87 bits per heavy atom. The quantitative estimate of drug-likeness (QED) is 0.725. The van der Waals surface area contributed by atoms with Crippen LogP contribution in [0.2, 0.25) is 0 Å². The zero-order valence-electron chi connectivity index (χ0n) is 10.5. The van der Waals surface area contributed by atoms with Crippen molar-refractivity contribution in [3.63, 3.8) is 0 Å². The van der Waals surface area contributed by atoms with Gasteiger partial charge in [0.25, 0.3) is 0 Å². The fourth-order valence-corrected chi connectivity index (χ4v) is 2.60. The van der Waals surface area contributed by atoms with Gasteiger partial charge in [-0.15, -0.1) is 0 Å². The van der Waals surface area contributed by atoms with Crippen molar-refractivity contribution in [1.82, 2.24) is 10.2 Å². The van der Waals surface area contributed by atoms with E-state index in [2.05, 4.69) is 17.1 Å². The van der Waals surface area contributed by atoms with Gasteiger partial charge in [0, 0.05) is 25.7 Å². The summed E-state index contributed by atoms with van der Waals surface area (Å²) in [6.45, 7) is 5.49. The van der Waals surface area contributed by atoms with E-state index in [9.17, 15) is 0 Å². The molecule has 1 aliphatic rings. The second kappa shape index (κ2) is 7.20. The molecule has 0 amide bonds. The average molecular weight is 214 g/mol. The van der Waals surface area contributed by atoms with Crippen LogP contribution in [-0.2, 0) is 4.74 Å². The van der Waals surface area contributed by atoms with Gasteiger partial charge >= 0.3 is 0 Å². The highest BCUT2D eigenvalue weighted by Gasteiger charge is 2.27. The SMILES string of the molecule is CCC(COC)N1CCCCC1CNC. The van der Waals surface area contributed by atoms with E-state index in [0.717, 1.165) is 13.2 Å². The van der Waals surface area contributed by atoms with E-state index >= 15 is 0 Å². The Labute approximate surface area is 94.2 Å². The molecular weight excluding hydrogens is 188 g/mol. The number of likely N-dealkylation sites (N-methyl/N-ethyl adjacent to an activating group) is 1. The molecule has 0 aliphatic carbocycles. The molecule has 3 nitrogen and oxygen atoms in total. The largest absolute Gasteiger partial charge is 0.383 e. The van der Waals surface area contributed by atoms with Crippen molar-refractivity contribution in [3.05, 3.63) is 0 Å². The predicted molar refractivity (Wildman–Crippen MR) is 64.2 cm³/mol. The Morgan fingerprint density at radius 2 is 2.27 bits per heavy atom. The van der Waals surface area contributed by atoms with Gasteiger partial charge in [-0.05, 0) is 32.9 Å². The Kier molecular flexibility index (Phi) is 6.22. The normalized spacial score (nSPS) is 25.4. The third-order valence-corrected chi connectivity index (χ3v) is 3.41. The number of likely N-dealkylation sites (tertiary alicyclic amines) is 1. The van der Waals surface area contributed by atoms with E-state index in [1.54, 1.807) is 7.11 Å². The van der Waals surface area contributed by atoms with E-state index < -0.39 is 0 Å². The molecule has 1 rings (SSSR count). The molecule has 0 bridgehead atoms. The third-order valence-electron chi connectivity index (χ3n) is 3.41. The summed E-state index contributed by atoms with van der Waals surface area (Å²) in [5.41, 5.74) is 0. The molecule has 3 heteroatoms. The molecule has 2 unspecified atom stereocenters. The van der Waals surface area contributed by atoms with Crippen LogP contribution in [0.4, 0.5) is 0 Å². The molecule has 1 N–H and O–H groups in total. The van der Waals surface area contributed by atoms with E-state index in [1.165, 1.54) is 32.2 Å². The van der Waals surface area contributed by atoms with E-state index in [1.807, 2.05) is 7.05 Å². The lowest BCUT2D eigenvalue weighted by molar-refractivity contribution is 0.0390. The molecule has 0 radical (unpaired) electrons. The lowest BCUT2D eigenvalue weighted by Gasteiger charge is -2.40. The maximum Gasteiger partial charge on any atom is 0.0618 e. The molecule has 0 aromatic rings. The number of hydrogen-bond acceptors (Lipinski definition) is 3. The summed E-state index contributed by atoms with van der Waals surface area (Å²) in [7, 11) is 3.85. The number of piperidine rings is 1. The zero-order chi connectivity index (χ0) is 11.1. The smallest absolute Gasteiger partial charge is 0.0618 e. The molecule has 0 saturated carbocycles. The molecule has 2 atom stereocenters. The summed E-state index contributed by atoms with van der Waals surface area (Å²) in [5, 5.41) is 3.31. The van der Waals surface area contributed by atoms with Gasteiger partial charge in [0.05, 0.1) is 6.61 Å². The molecule has 1 fully saturated rings. The number of rotatable bonds is 6.